The minimum Gasteiger partial charge on any atom is -0.0625 e. The third-order valence-electron chi connectivity index (χ3n) is 5.11. The van der Waals surface area contributed by atoms with Crippen molar-refractivity contribution in [2.24, 2.45) is 17.8 Å². The fraction of sp³-hybridized carbons (Fsp3) is 1.00. The molecular formula is C16H30. The molecule has 2 aliphatic rings. The SMILES string of the molecule is CC1CCCCC(C2CCCC2)CCCC1. The van der Waals surface area contributed by atoms with Crippen LogP contribution in [0.3, 0.4) is 0 Å². The minimum atomic E-state index is 1.00. The highest BCUT2D eigenvalue weighted by Crippen LogP contribution is 2.37. The molecule has 0 heterocycles. The van der Waals surface area contributed by atoms with Gasteiger partial charge in [-0.2, -0.15) is 0 Å². The Kier molecular flexibility index (Phi) is 5.19. The molecule has 0 atom stereocenters. The van der Waals surface area contributed by atoms with Crippen LogP contribution in [-0.2, 0) is 0 Å². The summed E-state index contributed by atoms with van der Waals surface area (Å²) in [4.78, 5) is 0. The van der Waals surface area contributed by atoms with Crippen molar-refractivity contribution in [2.75, 3.05) is 0 Å². The molecule has 0 aliphatic heterocycles. The Morgan fingerprint density at radius 1 is 0.500 bits per heavy atom. The molecule has 0 unspecified atom stereocenters. The average Bonchev–Trinajstić information content (AvgIpc) is 2.81. The highest BCUT2D eigenvalue weighted by atomic mass is 14.3. The second kappa shape index (κ2) is 6.67. The summed E-state index contributed by atoms with van der Waals surface area (Å²) in [5, 5.41) is 0. The zero-order chi connectivity index (χ0) is 11.2. The first kappa shape index (κ1) is 12.5. The fourth-order valence-electron chi connectivity index (χ4n) is 3.99. The van der Waals surface area contributed by atoms with Crippen LogP contribution in [0.5, 0.6) is 0 Å². The lowest BCUT2D eigenvalue weighted by molar-refractivity contribution is 0.267. The maximum absolute atomic E-state index is 2.45. The van der Waals surface area contributed by atoms with Crippen molar-refractivity contribution in [1.29, 1.82) is 0 Å². The first-order valence-electron chi connectivity index (χ1n) is 7.86. The van der Waals surface area contributed by atoms with Crippen LogP contribution in [0, 0.1) is 17.8 Å². The lowest BCUT2D eigenvalue weighted by Gasteiger charge is -2.25. The quantitative estimate of drug-likeness (QED) is 0.544. The first-order chi connectivity index (χ1) is 7.86. The summed E-state index contributed by atoms with van der Waals surface area (Å²) in [6, 6.07) is 0. The van der Waals surface area contributed by atoms with Crippen molar-refractivity contribution in [3.05, 3.63) is 0 Å². The van der Waals surface area contributed by atoms with Crippen LogP contribution in [0.4, 0.5) is 0 Å². The second-order valence-corrected chi connectivity index (χ2v) is 6.48. The topological polar surface area (TPSA) is 0 Å². The summed E-state index contributed by atoms with van der Waals surface area (Å²) in [6.45, 7) is 2.45. The molecule has 2 fully saturated rings. The molecule has 0 saturated heterocycles. The van der Waals surface area contributed by atoms with Crippen molar-refractivity contribution in [3.8, 4) is 0 Å². The van der Waals surface area contributed by atoms with E-state index in [1.807, 2.05) is 0 Å². The molecule has 2 rings (SSSR count). The number of hydrogen-bond acceptors (Lipinski definition) is 0. The largest absolute Gasteiger partial charge is 0.0625 e. The summed E-state index contributed by atoms with van der Waals surface area (Å²) in [5.41, 5.74) is 0. The van der Waals surface area contributed by atoms with Crippen LogP contribution in [0.2, 0.25) is 0 Å². The van der Waals surface area contributed by atoms with E-state index in [9.17, 15) is 0 Å². The molecule has 0 aromatic rings. The van der Waals surface area contributed by atoms with Crippen molar-refractivity contribution < 1.29 is 0 Å². The summed E-state index contributed by atoms with van der Waals surface area (Å²) >= 11 is 0. The molecule has 0 amide bonds. The van der Waals surface area contributed by atoms with E-state index in [0.717, 1.165) is 17.8 Å². The van der Waals surface area contributed by atoms with Crippen LogP contribution in [-0.4, -0.2) is 0 Å². The molecule has 0 bridgehead atoms. The second-order valence-electron chi connectivity index (χ2n) is 6.48. The van der Waals surface area contributed by atoms with Crippen molar-refractivity contribution in [3.63, 3.8) is 0 Å². The Morgan fingerprint density at radius 3 is 1.19 bits per heavy atom. The van der Waals surface area contributed by atoms with Gasteiger partial charge >= 0.3 is 0 Å². The van der Waals surface area contributed by atoms with Gasteiger partial charge in [-0.15, -0.1) is 0 Å². The number of rotatable bonds is 1. The van der Waals surface area contributed by atoms with E-state index in [0.29, 0.717) is 0 Å². The maximum atomic E-state index is 2.45. The number of hydrogen-bond donors (Lipinski definition) is 0. The summed E-state index contributed by atoms with van der Waals surface area (Å²) < 4.78 is 0. The summed E-state index contributed by atoms with van der Waals surface area (Å²) in [6.07, 6.45) is 18.3. The zero-order valence-electron chi connectivity index (χ0n) is 11.2. The molecular weight excluding hydrogens is 192 g/mol. The summed E-state index contributed by atoms with van der Waals surface area (Å²) in [7, 11) is 0. The van der Waals surface area contributed by atoms with E-state index < -0.39 is 0 Å². The van der Waals surface area contributed by atoms with E-state index >= 15 is 0 Å². The van der Waals surface area contributed by atoms with Gasteiger partial charge in [-0.3, -0.25) is 0 Å². The standard InChI is InChI=1S/C16H30/c1-14-8-2-4-10-15(11-5-3-9-14)16-12-6-7-13-16/h14-16H,2-13H2,1H3. The van der Waals surface area contributed by atoms with Crippen LogP contribution >= 0.6 is 0 Å². The van der Waals surface area contributed by atoms with E-state index in [4.69, 9.17) is 0 Å². The van der Waals surface area contributed by atoms with Crippen LogP contribution < -0.4 is 0 Å². The Morgan fingerprint density at radius 2 is 0.812 bits per heavy atom. The predicted octanol–water partition coefficient (Wildman–Crippen LogP) is 5.56. The molecule has 0 aromatic heterocycles. The Balaban J connectivity index is 1.78. The van der Waals surface area contributed by atoms with E-state index in [2.05, 4.69) is 6.92 Å². The smallest absolute Gasteiger partial charge is 0.0386 e. The van der Waals surface area contributed by atoms with Crippen LogP contribution in [0.15, 0.2) is 0 Å². The van der Waals surface area contributed by atoms with Crippen LogP contribution in [0.25, 0.3) is 0 Å². The van der Waals surface area contributed by atoms with Gasteiger partial charge in [0.25, 0.3) is 0 Å². The summed E-state index contributed by atoms with van der Waals surface area (Å²) in [5.74, 6) is 3.23. The molecule has 16 heavy (non-hydrogen) atoms. The lowest BCUT2D eigenvalue weighted by Crippen LogP contribution is -2.13. The Labute approximate surface area is 102 Å². The molecule has 0 nitrogen and oxygen atoms in total. The molecule has 94 valence electrons. The van der Waals surface area contributed by atoms with E-state index in [1.165, 1.54) is 51.4 Å². The van der Waals surface area contributed by atoms with E-state index in [1.54, 1.807) is 25.7 Å². The third-order valence-corrected chi connectivity index (χ3v) is 5.11. The van der Waals surface area contributed by atoms with Gasteiger partial charge in [0.1, 0.15) is 0 Å². The Bertz CT molecular complexity index is 166. The molecule has 0 heteroatoms. The first-order valence-corrected chi connectivity index (χ1v) is 7.86. The molecule has 0 aromatic carbocycles. The van der Waals surface area contributed by atoms with Gasteiger partial charge in [0.2, 0.25) is 0 Å². The maximum Gasteiger partial charge on any atom is -0.0386 e. The third kappa shape index (κ3) is 3.79. The Hall–Kier alpha value is 0. The van der Waals surface area contributed by atoms with Gasteiger partial charge < -0.3 is 0 Å². The van der Waals surface area contributed by atoms with Crippen LogP contribution in [0.1, 0.15) is 84.0 Å². The molecule has 0 spiro atoms. The molecule has 2 aliphatic carbocycles. The zero-order valence-corrected chi connectivity index (χ0v) is 11.2. The predicted molar refractivity (Wildman–Crippen MR) is 71.5 cm³/mol. The van der Waals surface area contributed by atoms with Crippen molar-refractivity contribution in [1.82, 2.24) is 0 Å². The molecule has 0 radical (unpaired) electrons. The normalized spacial score (nSPS) is 35.1. The average molecular weight is 222 g/mol. The van der Waals surface area contributed by atoms with Gasteiger partial charge in [0, 0.05) is 0 Å². The molecule has 2 saturated carbocycles. The minimum absolute atomic E-state index is 1.00. The highest BCUT2D eigenvalue weighted by molar-refractivity contribution is 4.76. The van der Waals surface area contributed by atoms with Gasteiger partial charge in [0.15, 0.2) is 0 Å². The van der Waals surface area contributed by atoms with Gasteiger partial charge in [-0.05, 0) is 17.8 Å². The lowest BCUT2D eigenvalue weighted by atomic mass is 9.81. The van der Waals surface area contributed by atoms with Crippen molar-refractivity contribution in [2.45, 2.75) is 84.0 Å². The van der Waals surface area contributed by atoms with Gasteiger partial charge in [-0.25, -0.2) is 0 Å². The highest BCUT2D eigenvalue weighted by Gasteiger charge is 2.24. The monoisotopic (exact) mass is 222 g/mol. The molecule has 0 N–H and O–H groups in total. The van der Waals surface area contributed by atoms with Gasteiger partial charge in [0.05, 0.1) is 0 Å². The van der Waals surface area contributed by atoms with Gasteiger partial charge in [-0.1, -0.05) is 84.0 Å². The fourth-order valence-corrected chi connectivity index (χ4v) is 3.99. The van der Waals surface area contributed by atoms with E-state index in [-0.39, 0.29) is 0 Å². The van der Waals surface area contributed by atoms with Crippen molar-refractivity contribution >= 4 is 0 Å².